The van der Waals surface area contributed by atoms with Crippen molar-refractivity contribution in [2.75, 3.05) is 13.2 Å². The quantitative estimate of drug-likeness (QED) is 0.393. The minimum absolute atomic E-state index is 0.0124. The molecule has 2 amide bonds. The average Bonchev–Trinajstić information content (AvgIpc) is 3.46. The summed E-state index contributed by atoms with van der Waals surface area (Å²) in [6, 6.07) is 8.41. The van der Waals surface area contributed by atoms with Crippen molar-refractivity contribution in [2.24, 2.45) is 5.73 Å². The Labute approximate surface area is 196 Å². The maximum Gasteiger partial charge on any atom is 0.424 e. The summed E-state index contributed by atoms with van der Waals surface area (Å²) in [5, 5.41) is 12.9. The molecule has 3 aromatic rings. The third-order valence-corrected chi connectivity index (χ3v) is 5.97. The van der Waals surface area contributed by atoms with Crippen LogP contribution in [0.2, 0.25) is 0 Å². The number of alkyl halides is 3. The second-order valence-electron chi connectivity index (χ2n) is 8.35. The molecule has 1 aromatic carbocycles. The van der Waals surface area contributed by atoms with Gasteiger partial charge in [-0.15, -0.1) is 0 Å². The van der Waals surface area contributed by atoms with Gasteiger partial charge >= 0.3 is 6.18 Å². The lowest BCUT2D eigenvalue weighted by atomic mass is 9.81. The zero-order valence-electron chi connectivity index (χ0n) is 18.2. The highest BCUT2D eigenvalue weighted by molar-refractivity contribution is 5.92. The molecule has 0 aliphatic carbocycles. The number of aromatic amines is 1. The molecular weight excluding hydrogens is 472 g/mol. The molecular formula is C23H20F4N4O4. The first-order valence-electron chi connectivity index (χ1n) is 10.3. The van der Waals surface area contributed by atoms with Crippen molar-refractivity contribution in [3.63, 3.8) is 0 Å². The number of halogens is 4. The lowest BCUT2D eigenvalue weighted by Gasteiger charge is -2.31. The van der Waals surface area contributed by atoms with Gasteiger partial charge in [0.1, 0.15) is 35.0 Å². The number of hydrogen-bond donors (Lipinski definition) is 4. The summed E-state index contributed by atoms with van der Waals surface area (Å²) in [6.45, 7) is -0.165. The Morgan fingerprint density at radius 2 is 1.94 bits per heavy atom. The smallest absolute Gasteiger partial charge is 0.424 e. The summed E-state index contributed by atoms with van der Waals surface area (Å²) in [6.07, 6.45) is -3.88. The van der Waals surface area contributed by atoms with E-state index in [1.165, 1.54) is 37.4 Å². The van der Waals surface area contributed by atoms with E-state index in [4.69, 9.17) is 10.5 Å². The lowest BCUT2D eigenvalue weighted by molar-refractivity contribution is -0.265. The van der Waals surface area contributed by atoms with Crippen molar-refractivity contribution in [1.29, 1.82) is 0 Å². The van der Waals surface area contributed by atoms with Crippen LogP contribution >= 0.6 is 0 Å². The summed E-state index contributed by atoms with van der Waals surface area (Å²) in [7, 11) is 0. The first-order chi connectivity index (χ1) is 16.4. The van der Waals surface area contributed by atoms with Crippen LogP contribution in [0.15, 0.2) is 48.7 Å². The van der Waals surface area contributed by atoms with Gasteiger partial charge < -0.3 is 25.9 Å². The van der Waals surface area contributed by atoms with E-state index in [9.17, 15) is 32.3 Å². The molecule has 4 rings (SSSR count). The molecule has 35 heavy (non-hydrogen) atoms. The zero-order valence-corrected chi connectivity index (χ0v) is 18.2. The highest BCUT2D eigenvalue weighted by Gasteiger charge is 2.57. The molecule has 1 unspecified atom stereocenters. The number of rotatable bonds is 6. The number of benzene rings is 1. The summed E-state index contributed by atoms with van der Waals surface area (Å²) >= 11 is 0. The number of aliphatic hydroxyl groups is 1. The number of amides is 2. The molecule has 1 aliphatic rings. The van der Waals surface area contributed by atoms with Crippen molar-refractivity contribution in [3.05, 3.63) is 71.4 Å². The topological polar surface area (TPSA) is 130 Å². The number of ether oxygens (including phenoxy) is 1. The molecule has 184 valence electrons. The summed E-state index contributed by atoms with van der Waals surface area (Å²) in [4.78, 5) is 31.0. The molecule has 1 aliphatic heterocycles. The lowest BCUT2D eigenvalue weighted by Crippen LogP contribution is -2.52. The number of primary amides is 1. The molecule has 2 atom stereocenters. The van der Waals surface area contributed by atoms with Crippen molar-refractivity contribution in [3.8, 4) is 17.0 Å². The summed E-state index contributed by atoms with van der Waals surface area (Å²) in [5.74, 6) is -2.36. The number of hydrogen-bond acceptors (Lipinski definition) is 5. The predicted octanol–water partition coefficient (Wildman–Crippen LogP) is 2.53. The second kappa shape index (κ2) is 8.38. The van der Waals surface area contributed by atoms with Crippen LogP contribution in [-0.2, 0) is 15.8 Å². The third-order valence-electron chi connectivity index (χ3n) is 5.97. The number of nitrogens with one attached hydrogen (secondary N) is 2. The van der Waals surface area contributed by atoms with Crippen molar-refractivity contribution >= 4 is 11.8 Å². The molecule has 0 spiro atoms. The molecule has 0 radical (unpaired) electrons. The number of pyridine rings is 1. The van der Waals surface area contributed by atoms with Crippen molar-refractivity contribution < 1.29 is 37.0 Å². The average molecular weight is 492 g/mol. The molecule has 0 saturated carbocycles. The maximum absolute atomic E-state index is 14.3. The van der Waals surface area contributed by atoms with Crippen LogP contribution in [0.4, 0.5) is 17.6 Å². The predicted molar refractivity (Wildman–Crippen MR) is 115 cm³/mol. The molecule has 0 bridgehead atoms. The molecule has 2 aromatic heterocycles. The van der Waals surface area contributed by atoms with Crippen molar-refractivity contribution in [2.45, 2.75) is 24.1 Å². The van der Waals surface area contributed by atoms with Crippen LogP contribution in [0.5, 0.6) is 5.75 Å². The minimum Gasteiger partial charge on any atom is -0.489 e. The van der Waals surface area contributed by atoms with Crippen LogP contribution in [0.1, 0.15) is 28.7 Å². The Balaban J connectivity index is 1.87. The van der Waals surface area contributed by atoms with Gasteiger partial charge in [-0.25, -0.2) is 9.37 Å². The van der Waals surface area contributed by atoms with E-state index in [1.54, 1.807) is 0 Å². The highest BCUT2D eigenvalue weighted by Crippen LogP contribution is 2.47. The Bertz CT molecular complexity index is 1280. The van der Waals surface area contributed by atoms with E-state index in [2.05, 4.69) is 15.3 Å². The summed E-state index contributed by atoms with van der Waals surface area (Å²) in [5.41, 5.74) is -0.565. The number of fused-ring (bicyclic) bond motifs is 1. The van der Waals surface area contributed by atoms with Gasteiger partial charge in [0.25, 0.3) is 5.91 Å². The van der Waals surface area contributed by atoms with Gasteiger partial charge in [-0.3, -0.25) is 9.59 Å². The van der Waals surface area contributed by atoms with Gasteiger partial charge in [0.15, 0.2) is 0 Å². The van der Waals surface area contributed by atoms with Gasteiger partial charge in [-0.2, -0.15) is 13.2 Å². The number of nitrogens with zero attached hydrogens (tertiary/aromatic N) is 1. The maximum atomic E-state index is 14.3. The largest absolute Gasteiger partial charge is 0.489 e. The Hall–Kier alpha value is -3.93. The molecule has 5 N–H and O–H groups in total. The van der Waals surface area contributed by atoms with Gasteiger partial charge in [0, 0.05) is 17.3 Å². The monoisotopic (exact) mass is 492 g/mol. The molecule has 3 heterocycles. The normalized spacial score (nSPS) is 18.9. The summed E-state index contributed by atoms with van der Waals surface area (Å²) < 4.78 is 61.8. The van der Waals surface area contributed by atoms with E-state index in [-0.39, 0.29) is 34.9 Å². The zero-order chi connectivity index (χ0) is 25.6. The number of aromatic nitrogens is 2. The van der Waals surface area contributed by atoms with E-state index < -0.39 is 47.1 Å². The Kier molecular flexibility index (Phi) is 5.79. The van der Waals surface area contributed by atoms with Gasteiger partial charge in [-0.1, -0.05) is 0 Å². The van der Waals surface area contributed by atoms with Gasteiger partial charge in [0.05, 0.1) is 12.2 Å². The van der Waals surface area contributed by atoms with E-state index in [0.717, 1.165) is 18.2 Å². The number of nitrogens with two attached hydrogens (primary N) is 1. The number of carbonyl (C=O) groups is 2. The fourth-order valence-corrected chi connectivity index (χ4v) is 3.71. The fourth-order valence-electron chi connectivity index (χ4n) is 3.71. The first-order valence-corrected chi connectivity index (χ1v) is 10.3. The van der Waals surface area contributed by atoms with Crippen LogP contribution in [0.25, 0.3) is 11.3 Å². The van der Waals surface area contributed by atoms with Crippen LogP contribution in [0, 0.1) is 5.82 Å². The van der Waals surface area contributed by atoms with E-state index in [0.29, 0.717) is 0 Å². The van der Waals surface area contributed by atoms with Crippen molar-refractivity contribution in [1.82, 2.24) is 15.3 Å². The Morgan fingerprint density at radius 1 is 1.26 bits per heavy atom. The third kappa shape index (κ3) is 4.09. The van der Waals surface area contributed by atoms with Gasteiger partial charge in [0.2, 0.25) is 11.5 Å². The SMILES string of the molecule is C[C@]1(C(N)=O)COc2c1cc(C(O)(CNC(=O)c1ccc[nH]1)C(F)(F)F)nc2-c1ccc(F)cc1. The first kappa shape index (κ1) is 24.2. The van der Waals surface area contributed by atoms with Crippen LogP contribution in [0.3, 0.4) is 0 Å². The fraction of sp³-hybridized carbons (Fsp3) is 0.261. The molecule has 8 nitrogen and oxygen atoms in total. The Morgan fingerprint density at radius 3 is 2.51 bits per heavy atom. The van der Waals surface area contributed by atoms with Crippen LogP contribution in [-0.4, -0.2) is 46.2 Å². The molecule has 12 heteroatoms. The highest BCUT2D eigenvalue weighted by atomic mass is 19.4. The van der Waals surface area contributed by atoms with E-state index in [1.807, 2.05) is 0 Å². The van der Waals surface area contributed by atoms with Crippen LogP contribution < -0.4 is 15.8 Å². The van der Waals surface area contributed by atoms with Gasteiger partial charge in [-0.05, 0) is 49.4 Å². The molecule has 0 fully saturated rings. The second-order valence-corrected chi connectivity index (χ2v) is 8.35. The standard InChI is InChI=1S/C23H20F4N4O4/c1-21(20(28)33)11-35-18-14(21)9-16(31-17(18)12-4-6-13(24)7-5-12)22(34,23(25,26)27)10-30-19(32)15-3-2-8-29-15/h2-9,29,34H,10-11H2,1H3,(H2,28,33)(H,30,32)/t21-,22?/m0/s1. The minimum atomic E-state index is -5.29. The molecule has 0 saturated heterocycles. The number of carbonyl (C=O) groups excluding carboxylic acids is 2. The number of H-pyrrole nitrogens is 1. The van der Waals surface area contributed by atoms with E-state index >= 15 is 0 Å².